The molecule has 0 aliphatic rings. The van der Waals surface area contributed by atoms with E-state index in [1.165, 1.54) is 11.8 Å². The van der Waals surface area contributed by atoms with Crippen molar-refractivity contribution in [3.63, 3.8) is 0 Å². The molecule has 8 N–H and O–H groups in total. The molecule has 0 aromatic heterocycles. The summed E-state index contributed by atoms with van der Waals surface area (Å²) < 4.78 is 0. The van der Waals surface area contributed by atoms with Crippen LogP contribution in [0.4, 0.5) is 0 Å². The smallest absolute Gasteiger partial charge is 0.326 e. The Kier molecular flexibility index (Phi) is 12.8. The van der Waals surface area contributed by atoms with E-state index in [2.05, 4.69) is 16.0 Å². The molecule has 31 heavy (non-hydrogen) atoms. The van der Waals surface area contributed by atoms with E-state index in [0.717, 1.165) is 0 Å². The van der Waals surface area contributed by atoms with Crippen LogP contribution in [0, 0.1) is 11.8 Å². The molecular formula is C19H35N5O6S. The Balaban J connectivity index is 5.40. The van der Waals surface area contributed by atoms with E-state index in [0.29, 0.717) is 12.2 Å². The third-order valence-electron chi connectivity index (χ3n) is 4.53. The Morgan fingerprint density at radius 2 is 1.42 bits per heavy atom. The summed E-state index contributed by atoms with van der Waals surface area (Å²) >= 11 is 1.49. The lowest BCUT2D eigenvalue weighted by atomic mass is 10.0. The van der Waals surface area contributed by atoms with Crippen LogP contribution in [0.25, 0.3) is 0 Å². The third kappa shape index (κ3) is 10.5. The molecule has 0 radical (unpaired) electrons. The minimum atomic E-state index is -1.51. The molecule has 0 heterocycles. The highest BCUT2D eigenvalue weighted by Gasteiger charge is 2.32. The van der Waals surface area contributed by atoms with Gasteiger partial charge in [0, 0.05) is 0 Å². The Morgan fingerprint density at radius 1 is 0.871 bits per heavy atom. The molecule has 0 saturated heterocycles. The molecule has 4 unspecified atom stereocenters. The lowest BCUT2D eigenvalue weighted by molar-refractivity contribution is -0.144. The van der Waals surface area contributed by atoms with Crippen molar-refractivity contribution in [2.45, 2.75) is 64.7 Å². The second-order valence-electron chi connectivity index (χ2n) is 7.91. The molecule has 4 amide bonds. The number of carboxylic acids is 1. The number of nitrogens with one attached hydrogen (secondary N) is 3. The van der Waals surface area contributed by atoms with Crippen LogP contribution in [-0.4, -0.2) is 70.9 Å². The lowest BCUT2D eigenvalue weighted by Gasteiger charge is -2.27. The molecule has 0 aromatic rings. The molecule has 0 fully saturated rings. The number of aliphatic carboxylic acids is 1. The molecular weight excluding hydrogens is 426 g/mol. The summed E-state index contributed by atoms with van der Waals surface area (Å²) in [5, 5.41) is 16.6. The number of primary amides is 1. The van der Waals surface area contributed by atoms with Crippen molar-refractivity contribution in [2.75, 3.05) is 12.0 Å². The number of nitrogens with two attached hydrogens (primary N) is 2. The average molecular weight is 462 g/mol. The number of rotatable bonds is 14. The average Bonchev–Trinajstić information content (AvgIpc) is 2.66. The number of hydrogen-bond acceptors (Lipinski definition) is 7. The SMILES string of the molecule is CSCCC(NC(=O)C(N)C(C)C)C(=O)NC(C(=O)NC(CC(N)=O)C(=O)O)C(C)C. The van der Waals surface area contributed by atoms with Crippen LogP contribution in [0.1, 0.15) is 40.5 Å². The quantitative estimate of drug-likeness (QED) is 0.185. The molecule has 0 aliphatic heterocycles. The molecule has 0 aliphatic carbocycles. The monoisotopic (exact) mass is 461 g/mol. The Bertz CT molecular complexity index is 658. The molecule has 178 valence electrons. The maximum Gasteiger partial charge on any atom is 0.326 e. The van der Waals surface area contributed by atoms with Crippen molar-refractivity contribution in [3.05, 3.63) is 0 Å². The van der Waals surface area contributed by atoms with Crippen molar-refractivity contribution >= 4 is 41.4 Å². The second kappa shape index (κ2) is 13.9. The highest BCUT2D eigenvalue weighted by Crippen LogP contribution is 2.08. The van der Waals surface area contributed by atoms with Crippen molar-refractivity contribution in [1.82, 2.24) is 16.0 Å². The summed E-state index contributed by atoms with van der Waals surface area (Å²) in [4.78, 5) is 60.1. The van der Waals surface area contributed by atoms with Crippen LogP contribution in [0.3, 0.4) is 0 Å². The van der Waals surface area contributed by atoms with Crippen molar-refractivity contribution in [2.24, 2.45) is 23.3 Å². The first-order valence-electron chi connectivity index (χ1n) is 9.98. The van der Waals surface area contributed by atoms with Gasteiger partial charge in [0.05, 0.1) is 12.5 Å². The fourth-order valence-corrected chi connectivity index (χ4v) is 3.00. The predicted octanol–water partition coefficient (Wildman–Crippen LogP) is -1.21. The summed E-state index contributed by atoms with van der Waals surface area (Å²) in [5.41, 5.74) is 10.9. The van der Waals surface area contributed by atoms with Crippen molar-refractivity contribution in [3.8, 4) is 0 Å². The van der Waals surface area contributed by atoms with Crippen LogP contribution in [0.15, 0.2) is 0 Å². The Hall–Kier alpha value is -2.34. The van der Waals surface area contributed by atoms with Crippen LogP contribution >= 0.6 is 11.8 Å². The van der Waals surface area contributed by atoms with Gasteiger partial charge in [-0.25, -0.2) is 4.79 Å². The van der Waals surface area contributed by atoms with Gasteiger partial charge in [0.1, 0.15) is 18.1 Å². The summed E-state index contributed by atoms with van der Waals surface area (Å²) in [6.07, 6.45) is 1.58. The zero-order valence-corrected chi connectivity index (χ0v) is 19.5. The van der Waals surface area contributed by atoms with Crippen molar-refractivity contribution in [1.29, 1.82) is 0 Å². The highest BCUT2D eigenvalue weighted by atomic mass is 32.2. The Labute approximate surface area is 186 Å². The van der Waals surface area contributed by atoms with Crippen molar-refractivity contribution < 1.29 is 29.1 Å². The molecule has 0 rings (SSSR count). The minimum Gasteiger partial charge on any atom is -0.480 e. The number of hydrogen-bond donors (Lipinski definition) is 6. The van der Waals surface area contributed by atoms with E-state index < -0.39 is 66.1 Å². The first kappa shape index (κ1) is 28.7. The van der Waals surface area contributed by atoms with Gasteiger partial charge in [0.2, 0.25) is 23.6 Å². The molecule has 0 aromatic carbocycles. The van der Waals surface area contributed by atoms with E-state index in [-0.39, 0.29) is 5.92 Å². The van der Waals surface area contributed by atoms with Gasteiger partial charge in [-0.3, -0.25) is 19.2 Å². The maximum atomic E-state index is 12.8. The fraction of sp³-hybridized carbons (Fsp3) is 0.737. The largest absolute Gasteiger partial charge is 0.480 e. The van der Waals surface area contributed by atoms with Gasteiger partial charge >= 0.3 is 5.97 Å². The summed E-state index contributed by atoms with van der Waals surface area (Å²) in [5.74, 6) is -4.10. The topological polar surface area (TPSA) is 194 Å². The standard InChI is InChI=1S/C19H35N5O6S/c1-9(2)14(21)17(27)22-11(6-7-31-5)16(26)24-15(10(3)4)18(28)23-12(19(29)30)8-13(20)25/h9-12,14-15H,6-8,21H2,1-5H3,(H2,20,25)(H,22,27)(H,23,28)(H,24,26)(H,29,30). The number of carbonyl (C=O) groups is 5. The van der Waals surface area contributed by atoms with Gasteiger partial charge < -0.3 is 32.5 Å². The first-order valence-corrected chi connectivity index (χ1v) is 11.4. The van der Waals surface area contributed by atoms with E-state index in [4.69, 9.17) is 11.5 Å². The first-order chi connectivity index (χ1) is 14.3. The molecule has 0 bridgehead atoms. The number of thioether (sulfide) groups is 1. The van der Waals surface area contributed by atoms with Crippen LogP contribution in [-0.2, 0) is 24.0 Å². The molecule has 4 atom stereocenters. The van der Waals surface area contributed by atoms with Gasteiger partial charge in [-0.2, -0.15) is 11.8 Å². The van der Waals surface area contributed by atoms with Gasteiger partial charge in [-0.05, 0) is 30.3 Å². The lowest BCUT2D eigenvalue weighted by Crippen LogP contribution is -2.59. The van der Waals surface area contributed by atoms with E-state index >= 15 is 0 Å². The van der Waals surface area contributed by atoms with Gasteiger partial charge in [0.15, 0.2) is 0 Å². The highest BCUT2D eigenvalue weighted by molar-refractivity contribution is 7.98. The molecule has 12 heteroatoms. The number of carbonyl (C=O) groups excluding carboxylic acids is 4. The van der Waals surface area contributed by atoms with Gasteiger partial charge in [-0.15, -0.1) is 0 Å². The zero-order chi connectivity index (χ0) is 24.3. The molecule has 11 nitrogen and oxygen atoms in total. The van der Waals surface area contributed by atoms with E-state index in [9.17, 15) is 29.1 Å². The summed E-state index contributed by atoms with van der Waals surface area (Å²) in [6.45, 7) is 6.90. The van der Waals surface area contributed by atoms with Crippen LogP contribution in [0.2, 0.25) is 0 Å². The van der Waals surface area contributed by atoms with E-state index in [1.807, 2.05) is 6.26 Å². The Morgan fingerprint density at radius 3 is 1.84 bits per heavy atom. The minimum absolute atomic E-state index is 0.128. The molecule has 0 saturated carbocycles. The van der Waals surface area contributed by atoms with Gasteiger partial charge in [0.25, 0.3) is 0 Å². The zero-order valence-electron chi connectivity index (χ0n) is 18.6. The molecule has 0 spiro atoms. The maximum absolute atomic E-state index is 12.8. The summed E-state index contributed by atoms with van der Waals surface area (Å²) in [6, 6.07) is -4.31. The van der Waals surface area contributed by atoms with Gasteiger partial charge in [-0.1, -0.05) is 27.7 Å². The second-order valence-corrected chi connectivity index (χ2v) is 8.90. The summed E-state index contributed by atoms with van der Waals surface area (Å²) in [7, 11) is 0. The predicted molar refractivity (Wildman–Crippen MR) is 118 cm³/mol. The number of amides is 4. The van der Waals surface area contributed by atoms with E-state index in [1.54, 1.807) is 27.7 Å². The number of carboxylic acid groups (broad SMARTS) is 1. The normalized spacial score (nSPS) is 15.0. The van der Waals surface area contributed by atoms with Crippen LogP contribution < -0.4 is 27.4 Å². The third-order valence-corrected chi connectivity index (χ3v) is 5.18. The fourth-order valence-electron chi connectivity index (χ4n) is 2.53. The van der Waals surface area contributed by atoms with Crippen LogP contribution in [0.5, 0.6) is 0 Å².